The second kappa shape index (κ2) is 6.22. The van der Waals surface area contributed by atoms with Crippen LogP contribution in [-0.2, 0) is 17.9 Å². The number of fused-ring (bicyclic) bond motifs is 1. The number of carbonyl (C=O) groups is 2. The Morgan fingerprint density at radius 3 is 2.55 bits per heavy atom. The summed E-state index contributed by atoms with van der Waals surface area (Å²) in [6.45, 7) is -0.658. The number of urea groups is 1. The van der Waals surface area contributed by atoms with Crippen molar-refractivity contribution in [2.24, 2.45) is 5.73 Å². The molecule has 1 aromatic carbocycles. The van der Waals surface area contributed by atoms with Crippen molar-refractivity contribution in [2.45, 2.75) is 19.3 Å². The summed E-state index contributed by atoms with van der Waals surface area (Å²) >= 11 is 0. The number of rotatable bonds is 4. The molecule has 0 unspecified atom stereocenters. The molecule has 0 atom stereocenters. The van der Waals surface area contributed by atoms with Crippen molar-refractivity contribution >= 4 is 17.6 Å². The minimum Gasteiger partial charge on any atom is -0.376 e. The molecule has 9 heteroatoms. The van der Waals surface area contributed by atoms with Crippen LogP contribution in [0.5, 0.6) is 0 Å². The second-order valence-electron chi connectivity index (χ2n) is 5.01. The minimum atomic E-state index is -4.23. The number of alkyl halides is 3. The Kier molecular flexibility index (Phi) is 4.55. The summed E-state index contributed by atoms with van der Waals surface area (Å²) in [6.07, 6.45) is -4.23. The van der Waals surface area contributed by atoms with Gasteiger partial charge in [0.2, 0.25) is 5.91 Å². The normalized spacial score (nSPS) is 14.5. The first-order valence-electron chi connectivity index (χ1n) is 6.47. The van der Waals surface area contributed by atoms with Crippen molar-refractivity contribution < 1.29 is 22.8 Å². The van der Waals surface area contributed by atoms with Crippen LogP contribution in [0, 0.1) is 0 Å². The highest BCUT2D eigenvalue weighted by Gasteiger charge is 2.33. The van der Waals surface area contributed by atoms with Gasteiger partial charge < -0.3 is 11.1 Å². The number of benzene rings is 1. The molecule has 6 nitrogen and oxygen atoms in total. The number of primary amides is 1. The maximum absolute atomic E-state index is 12.4. The van der Waals surface area contributed by atoms with E-state index in [1.165, 1.54) is 4.90 Å². The maximum atomic E-state index is 12.4. The zero-order chi connectivity index (χ0) is 16.3. The third-order valence-electron chi connectivity index (χ3n) is 3.11. The highest BCUT2D eigenvalue weighted by Crippen LogP contribution is 2.28. The summed E-state index contributed by atoms with van der Waals surface area (Å²) in [5, 5.41) is 4.68. The number of nitrogens with zero attached hydrogens (tertiary/aromatic N) is 1. The average molecular weight is 316 g/mol. The summed E-state index contributed by atoms with van der Waals surface area (Å²) in [5.41, 5.74) is 7.01. The van der Waals surface area contributed by atoms with Gasteiger partial charge in [0.15, 0.2) is 0 Å². The largest absolute Gasteiger partial charge is 0.401 e. The summed E-state index contributed by atoms with van der Waals surface area (Å²) in [5.74, 6) is -0.591. The lowest BCUT2D eigenvalue weighted by Crippen LogP contribution is -2.38. The van der Waals surface area contributed by atoms with Crippen LogP contribution in [0.25, 0.3) is 0 Å². The third kappa shape index (κ3) is 4.62. The fraction of sp³-hybridized carbons (Fsp3) is 0.385. The van der Waals surface area contributed by atoms with Crippen LogP contribution in [0.1, 0.15) is 11.1 Å². The monoisotopic (exact) mass is 316 g/mol. The highest BCUT2D eigenvalue weighted by molar-refractivity contribution is 5.95. The van der Waals surface area contributed by atoms with Crippen LogP contribution in [-0.4, -0.2) is 36.1 Å². The van der Waals surface area contributed by atoms with E-state index in [1.807, 2.05) is 5.32 Å². The number of nitrogens with one attached hydrogen (secondary N) is 2. The summed E-state index contributed by atoms with van der Waals surface area (Å²) in [6, 6.07) is 4.15. The molecule has 3 amide bonds. The Balaban J connectivity index is 1.93. The summed E-state index contributed by atoms with van der Waals surface area (Å²) in [7, 11) is 0. The molecular weight excluding hydrogens is 301 g/mol. The molecule has 1 aliphatic heterocycles. The topological polar surface area (TPSA) is 87.5 Å². The Morgan fingerprint density at radius 1 is 1.23 bits per heavy atom. The predicted molar refractivity (Wildman–Crippen MR) is 72.8 cm³/mol. The van der Waals surface area contributed by atoms with Crippen molar-refractivity contribution in [3.63, 3.8) is 0 Å². The Hall–Kier alpha value is -2.29. The van der Waals surface area contributed by atoms with E-state index < -0.39 is 24.7 Å². The van der Waals surface area contributed by atoms with Crippen LogP contribution in [0.2, 0.25) is 0 Å². The van der Waals surface area contributed by atoms with E-state index in [1.54, 1.807) is 18.2 Å². The van der Waals surface area contributed by atoms with Gasteiger partial charge in [-0.1, -0.05) is 6.07 Å². The van der Waals surface area contributed by atoms with Gasteiger partial charge in [-0.2, -0.15) is 13.2 Å². The number of anilines is 1. The first kappa shape index (κ1) is 16.1. The third-order valence-corrected chi connectivity index (χ3v) is 3.11. The van der Waals surface area contributed by atoms with Gasteiger partial charge in [0.25, 0.3) is 0 Å². The van der Waals surface area contributed by atoms with E-state index >= 15 is 0 Å². The van der Waals surface area contributed by atoms with E-state index in [0.717, 1.165) is 11.1 Å². The first-order valence-corrected chi connectivity index (χ1v) is 6.47. The van der Waals surface area contributed by atoms with Gasteiger partial charge in [-0.15, -0.1) is 0 Å². The van der Waals surface area contributed by atoms with Gasteiger partial charge in [-0.25, -0.2) is 4.79 Å². The van der Waals surface area contributed by atoms with Crippen molar-refractivity contribution in [3.05, 3.63) is 29.3 Å². The second-order valence-corrected chi connectivity index (χ2v) is 5.01. The van der Waals surface area contributed by atoms with Gasteiger partial charge in [0.05, 0.1) is 13.1 Å². The molecule has 1 heterocycles. The molecule has 0 fully saturated rings. The van der Waals surface area contributed by atoms with Gasteiger partial charge >= 0.3 is 12.2 Å². The fourth-order valence-corrected chi connectivity index (χ4v) is 2.30. The van der Waals surface area contributed by atoms with Gasteiger partial charge in [0, 0.05) is 18.8 Å². The van der Waals surface area contributed by atoms with Gasteiger partial charge in [-0.3, -0.25) is 15.0 Å². The number of halogens is 3. The number of amides is 3. The number of carbonyl (C=O) groups excluding carboxylic acids is 2. The number of nitrogens with two attached hydrogens (primary N) is 1. The molecule has 0 saturated carbocycles. The maximum Gasteiger partial charge on any atom is 0.401 e. The fourth-order valence-electron chi connectivity index (χ4n) is 2.30. The van der Waals surface area contributed by atoms with Gasteiger partial charge in [-0.05, 0) is 23.3 Å². The zero-order valence-corrected chi connectivity index (χ0v) is 11.5. The quantitative estimate of drug-likeness (QED) is 0.778. The molecule has 1 aliphatic rings. The molecule has 2 rings (SSSR count). The molecule has 120 valence electrons. The van der Waals surface area contributed by atoms with Crippen LogP contribution >= 0.6 is 0 Å². The molecule has 0 radical (unpaired) electrons. The summed E-state index contributed by atoms with van der Waals surface area (Å²) in [4.78, 5) is 23.1. The lowest BCUT2D eigenvalue weighted by Gasteiger charge is -2.16. The molecule has 4 N–H and O–H groups in total. The molecule has 0 spiro atoms. The van der Waals surface area contributed by atoms with E-state index in [0.29, 0.717) is 5.69 Å². The smallest absolute Gasteiger partial charge is 0.376 e. The van der Waals surface area contributed by atoms with Crippen LogP contribution in [0.4, 0.5) is 23.7 Å². The van der Waals surface area contributed by atoms with E-state index in [9.17, 15) is 22.8 Å². The molecule has 22 heavy (non-hydrogen) atoms. The van der Waals surface area contributed by atoms with Gasteiger partial charge in [0.1, 0.15) is 0 Å². The van der Waals surface area contributed by atoms with Crippen LogP contribution < -0.4 is 16.4 Å². The van der Waals surface area contributed by atoms with Crippen molar-refractivity contribution in [1.82, 2.24) is 10.2 Å². The molecule has 0 aliphatic carbocycles. The summed E-state index contributed by atoms with van der Waals surface area (Å²) < 4.78 is 37.2. The van der Waals surface area contributed by atoms with Crippen molar-refractivity contribution in [1.29, 1.82) is 0 Å². The molecule has 1 aromatic rings. The van der Waals surface area contributed by atoms with E-state index in [2.05, 4.69) is 5.32 Å². The SMILES string of the molecule is NC(=O)NC(=O)CNc1ccc2c(c1)CN(CC(F)(F)F)C2. The van der Waals surface area contributed by atoms with E-state index in [-0.39, 0.29) is 19.6 Å². The van der Waals surface area contributed by atoms with E-state index in [4.69, 9.17) is 5.73 Å². The molecular formula is C13H15F3N4O2. The van der Waals surface area contributed by atoms with Crippen molar-refractivity contribution in [2.75, 3.05) is 18.4 Å². The van der Waals surface area contributed by atoms with Crippen LogP contribution in [0.15, 0.2) is 18.2 Å². The van der Waals surface area contributed by atoms with Crippen molar-refractivity contribution in [3.8, 4) is 0 Å². The number of imide groups is 1. The molecule has 0 saturated heterocycles. The molecule has 0 bridgehead atoms. The zero-order valence-electron chi connectivity index (χ0n) is 11.5. The standard InChI is InChI=1S/C13H15F3N4O2/c14-13(15,16)7-20-5-8-1-2-10(3-9(8)6-20)18-4-11(21)19-12(17)22/h1-3,18H,4-7H2,(H3,17,19,21,22). The minimum absolute atomic E-state index is 0.159. The number of hydrogen-bond acceptors (Lipinski definition) is 4. The Bertz CT molecular complexity index is 589. The first-order chi connectivity index (χ1) is 10.2. The predicted octanol–water partition coefficient (Wildman–Crippen LogP) is 1.17. The lowest BCUT2D eigenvalue weighted by molar-refractivity contribution is -0.147. The number of hydrogen-bond donors (Lipinski definition) is 3. The Labute approximate surface area is 124 Å². The lowest BCUT2D eigenvalue weighted by atomic mass is 10.1. The Morgan fingerprint density at radius 2 is 1.91 bits per heavy atom. The highest BCUT2D eigenvalue weighted by atomic mass is 19.4. The molecule has 0 aromatic heterocycles. The van der Waals surface area contributed by atoms with Crippen LogP contribution in [0.3, 0.4) is 0 Å². The average Bonchev–Trinajstić information content (AvgIpc) is 2.74.